The van der Waals surface area contributed by atoms with Crippen molar-refractivity contribution >= 4 is 18.4 Å². The van der Waals surface area contributed by atoms with Crippen LogP contribution >= 0.6 is 12.4 Å². The van der Waals surface area contributed by atoms with Gasteiger partial charge in [0, 0.05) is 5.54 Å². The molecule has 70 valence electrons. The van der Waals surface area contributed by atoms with Gasteiger partial charge >= 0.3 is 5.97 Å². The second-order valence-corrected chi connectivity index (χ2v) is 3.54. The van der Waals surface area contributed by atoms with Crippen LogP contribution in [-0.4, -0.2) is 24.7 Å². The predicted molar refractivity (Wildman–Crippen MR) is 47.4 cm³/mol. The topological polar surface area (TPSA) is 38.3 Å². The standard InChI is InChI=1S/C8H13NO2.ClH/c1-11-7(10)6-2-3-8(9-6)4-5-8;/h6,9H,2-5H2,1H3;1H/t6-;/m0./s1. The molecule has 1 N–H and O–H groups in total. The second kappa shape index (κ2) is 3.23. The lowest BCUT2D eigenvalue weighted by atomic mass is 10.2. The van der Waals surface area contributed by atoms with Gasteiger partial charge in [-0.2, -0.15) is 0 Å². The van der Waals surface area contributed by atoms with E-state index >= 15 is 0 Å². The highest BCUT2D eigenvalue weighted by molar-refractivity contribution is 5.85. The number of esters is 1. The highest BCUT2D eigenvalue weighted by Crippen LogP contribution is 2.44. The first-order chi connectivity index (χ1) is 5.26. The molecule has 1 saturated carbocycles. The summed E-state index contributed by atoms with van der Waals surface area (Å²) in [5, 5.41) is 3.32. The maximum Gasteiger partial charge on any atom is 0.322 e. The number of hydrogen-bond donors (Lipinski definition) is 1. The minimum absolute atomic E-state index is 0. The van der Waals surface area contributed by atoms with Crippen molar-refractivity contribution in [2.45, 2.75) is 37.3 Å². The molecule has 1 aliphatic heterocycles. The van der Waals surface area contributed by atoms with Crippen molar-refractivity contribution < 1.29 is 9.53 Å². The van der Waals surface area contributed by atoms with Gasteiger partial charge in [-0.1, -0.05) is 0 Å². The molecule has 0 bridgehead atoms. The molecule has 1 aliphatic carbocycles. The minimum Gasteiger partial charge on any atom is -0.468 e. The van der Waals surface area contributed by atoms with E-state index in [1.165, 1.54) is 20.0 Å². The smallest absolute Gasteiger partial charge is 0.322 e. The molecule has 0 aromatic rings. The van der Waals surface area contributed by atoms with E-state index in [2.05, 4.69) is 10.1 Å². The van der Waals surface area contributed by atoms with E-state index in [0.29, 0.717) is 5.54 Å². The van der Waals surface area contributed by atoms with Crippen molar-refractivity contribution in [1.82, 2.24) is 5.32 Å². The fraction of sp³-hybridized carbons (Fsp3) is 0.875. The second-order valence-electron chi connectivity index (χ2n) is 3.54. The summed E-state index contributed by atoms with van der Waals surface area (Å²) in [5.41, 5.74) is 0.346. The van der Waals surface area contributed by atoms with Crippen LogP contribution in [-0.2, 0) is 9.53 Å². The molecule has 0 radical (unpaired) electrons. The Morgan fingerprint density at radius 3 is 2.58 bits per heavy atom. The molecule has 3 nitrogen and oxygen atoms in total. The zero-order valence-corrected chi connectivity index (χ0v) is 7.95. The number of hydrogen-bond acceptors (Lipinski definition) is 3. The van der Waals surface area contributed by atoms with Crippen LogP contribution in [0.3, 0.4) is 0 Å². The zero-order valence-electron chi connectivity index (χ0n) is 7.13. The number of nitrogens with one attached hydrogen (secondary N) is 1. The Hall–Kier alpha value is -0.280. The molecular weight excluding hydrogens is 178 g/mol. The molecule has 0 unspecified atom stereocenters. The molecule has 0 amide bonds. The fourth-order valence-corrected chi connectivity index (χ4v) is 1.80. The third-order valence-corrected chi connectivity index (χ3v) is 2.73. The van der Waals surface area contributed by atoms with Crippen LogP contribution in [0.25, 0.3) is 0 Å². The van der Waals surface area contributed by atoms with Crippen LogP contribution in [0.1, 0.15) is 25.7 Å². The highest BCUT2D eigenvalue weighted by Gasteiger charge is 2.49. The Morgan fingerprint density at radius 2 is 2.17 bits per heavy atom. The Morgan fingerprint density at radius 1 is 1.50 bits per heavy atom. The van der Waals surface area contributed by atoms with Crippen LogP contribution in [0.2, 0.25) is 0 Å². The first-order valence-corrected chi connectivity index (χ1v) is 4.11. The van der Waals surface area contributed by atoms with Gasteiger partial charge in [0.15, 0.2) is 0 Å². The van der Waals surface area contributed by atoms with E-state index < -0.39 is 0 Å². The number of ether oxygens (including phenoxy) is 1. The van der Waals surface area contributed by atoms with E-state index in [0.717, 1.165) is 12.8 Å². The minimum atomic E-state index is -0.103. The van der Waals surface area contributed by atoms with E-state index in [1.807, 2.05) is 0 Å². The number of carbonyl (C=O) groups excluding carboxylic acids is 1. The molecule has 2 aliphatic rings. The monoisotopic (exact) mass is 191 g/mol. The summed E-state index contributed by atoms with van der Waals surface area (Å²) >= 11 is 0. The molecular formula is C8H14ClNO2. The van der Waals surface area contributed by atoms with E-state index in [9.17, 15) is 4.79 Å². The first-order valence-electron chi connectivity index (χ1n) is 4.11. The van der Waals surface area contributed by atoms with Crippen LogP contribution in [0.5, 0.6) is 0 Å². The summed E-state index contributed by atoms with van der Waals surface area (Å²) in [5.74, 6) is -0.103. The average molecular weight is 192 g/mol. The van der Waals surface area contributed by atoms with Gasteiger partial charge in [-0.3, -0.25) is 10.1 Å². The Labute approximate surface area is 78.3 Å². The third kappa shape index (κ3) is 1.57. The van der Waals surface area contributed by atoms with E-state index in [1.54, 1.807) is 0 Å². The van der Waals surface area contributed by atoms with Gasteiger partial charge in [-0.15, -0.1) is 12.4 Å². The summed E-state index contributed by atoms with van der Waals surface area (Å²) in [7, 11) is 1.45. The van der Waals surface area contributed by atoms with Crippen molar-refractivity contribution in [3.8, 4) is 0 Å². The first kappa shape index (κ1) is 9.81. The number of carbonyl (C=O) groups is 1. The Kier molecular flexibility index (Phi) is 2.64. The summed E-state index contributed by atoms with van der Waals surface area (Å²) < 4.78 is 4.65. The predicted octanol–water partition coefficient (Wildman–Crippen LogP) is 0.866. The number of halogens is 1. The fourth-order valence-electron chi connectivity index (χ4n) is 1.80. The molecule has 0 aromatic carbocycles. The SMILES string of the molecule is COC(=O)[C@@H]1CCC2(CC2)N1.Cl. The highest BCUT2D eigenvalue weighted by atomic mass is 35.5. The molecule has 4 heteroatoms. The molecule has 1 spiro atoms. The number of rotatable bonds is 1. The van der Waals surface area contributed by atoms with E-state index in [4.69, 9.17) is 0 Å². The van der Waals surface area contributed by atoms with Crippen LogP contribution in [0, 0.1) is 0 Å². The van der Waals surface area contributed by atoms with Crippen LogP contribution in [0.15, 0.2) is 0 Å². The lowest BCUT2D eigenvalue weighted by molar-refractivity contribution is -0.142. The van der Waals surface area contributed by atoms with Gasteiger partial charge < -0.3 is 4.74 Å². The maximum atomic E-state index is 11.0. The summed E-state index contributed by atoms with van der Waals surface area (Å²) in [6.45, 7) is 0. The Bertz CT molecular complexity index is 191. The van der Waals surface area contributed by atoms with Crippen molar-refractivity contribution in [2.75, 3.05) is 7.11 Å². The van der Waals surface area contributed by atoms with E-state index in [-0.39, 0.29) is 24.4 Å². The van der Waals surface area contributed by atoms with Gasteiger partial charge in [0.25, 0.3) is 0 Å². The number of methoxy groups -OCH3 is 1. The van der Waals surface area contributed by atoms with Crippen molar-refractivity contribution in [3.05, 3.63) is 0 Å². The van der Waals surface area contributed by atoms with Gasteiger partial charge in [0.2, 0.25) is 0 Å². The Balaban J connectivity index is 0.000000720. The molecule has 0 aromatic heterocycles. The zero-order chi connectivity index (χ0) is 7.90. The van der Waals surface area contributed by atoms with Gasteiger partial charge in [0.05, 0.1) is 7.11 Å². The lowest BCUT2D eigenvalue weighted by Gasteiger charge is -2.09. The van der Waals surface area contributed by atoms with Crippen molar-refractivity contribution in [1.29, 1.82) is 0 Å². The molecule has 1 atom stereocenters. The molecule has 2 rings (SSSR count). The largest absolute Gasteiger partial charge is 0.468 e. The van der Waals surface area contributed by atoms with Crippen LogP contribution in [0.4, 0.5) is 0 Å². The van der Waals surface area contributed by atoms with Gasteiger partial charge in [-0.25, -0.2) is 0 Å². The molecule has 12 heavy (non-hydrogen) atoms. The molecule has 1 heterocycles. The molecule has 2 fully saturated rings. The quantitative estimate of drug-likeness (QED) is 0.625. The summed E-state index contributed by atoms with van der Waals surface area (Å²) in [6, 6.07) is -0.0255. The van der Waals surface area contributed by atoms with Crippen LogP contribution < -0.4 is 5.32 Å². The van der Waals surface area contributed by atoms with Gasteiger partial charge in [0.1, 0.15) is 6.04 Å². The summed E-state index contributed by atoms with van der Waals surface area (Å²) in [4.78, 5) is 11.0. The normalized spacial score (nSPS) is 29.6. The lowest BCUT2D eigenvalue weighted by Crippen LogP contribution is -2.37. The average Bonchev–Trinajstić information content (AvgIpc) is 2.61. The third-order valence-electron chi connectivity index (χ3n) is 2.73. The maximum absolute atomic E-state index is 11.0. The summed E-state index contributed by atoms with van der Waals surface area (Å²) in [6.07, 6.45) is 4.57. The van der Waals surface area contributed by atoms with Gasteiger partial charge in [-0.05, 0) is 25.7 Å². The van der Waals surface area contributed by atoms with Crippen molar-refractivity contribution in [2.24, 2.45) is 0 Å². The van der Waals surface area contributed by atoms with Crippen molar-refractivity contribution in [3.63, 3.8) is 0 Å². The molecule has 1 saturated heterocycles.